The molecule has 0 aromatic heterocycles. The van der Waals surface area contributed by atoms with E-state index in [1.807, 2.05) is 43.3 Å². The molecule has 1 amide bonds. The number of aliphatic hydroxyl groups is 1. The van der Waals surface area contributed by atoms with Crippen LogP contribution < -0.4 is 14.2 Å². The highest BCUT2D eigenvalue weighted by atomic mass is 16.6. The summed E-state index contributed by atoms with van der Waals surface area (Å²) in [6, 6.07) is 11.6. The Morgan fingerprint density at radius 3 is 2.63 bits per heavy atom. The predicted molar refractivity (Wildman–Crippen MR) is 132 cm³/mol. The molecule has 0 unspecified atom stereocenters. The summed E-state index contributed by atoms with van der Waals surface area (Å²) in [6.07, 6.45) is 1.94. The number of benzene rings is 2. The van der Waals surface area contributed by atoms with Gasteiger partial charge in [0.15, 0.2) is 11.5 Å². The second kappa shape index (κ2) is 10.8. The number of Topliss-reactive ketones (excluding diaryl/α,β-unsaturated/α-hetero) is 1. The predicted octanol–water partition coefficient (Wildman–Crippen LogP) is 3.62. The Bertz CT molecular complexity index is 1130. The molecule has 1 atom stereocenters. The fourth-order valence-electron chi connectivity index (χ4n) is 4.22. The van der Waals surface area contributed by atoms with E-state index in [2.05, 4.69) is 6.92 Å². The molecule has 2 aliphatic heterocycles. The molecule has 2 heterocycles. The van der Waals surface area contributed by atoms with Crippen molar-refractivity contribution in [2.75, 3.05) is 47.0 Å². The van der Waals surface area contributed by atoms with Crippen molar-refractivity contribution in [2.45, 2.75) is 25.8 Å². The maximum Gasteiger partial charge on any atom is 0.295 e. The third kappa shape index (κ3) is 5.27. The van der Waals surface area contributed by atoms with Gasteiger partial charge in [0.05, 0.1) is 18.2 Å². The zero-order valence-electron chi connectivity index (χ0n) is 20.5. The number of hydrogen-bond acceptors (Lipinski definition) is 7. The molecule has 0 bridgehead atoms. The van der Waals surface area contributed by atoms with Gasteiger partial charge in [-0.2, -0.15) is 0 Å². The highest BCUT2D eigenvalue weighted by molar-refractivity contribution is 6.46. The molecule has 35 heavy (non-hydrogen) atoms. The summed E-state index contributed by atoms with van der Waals surface area (Å²) in [7, 11) is 3.81. The Hall–Kier alpha value is -3.52. The number of amides is 1. The first-order chi connectivity index (χ1) is 16.9. The summed E-state index contributed by atoms with van der Waals surface area (Å²) < 4.78 is 17.1. The topological polar surface area (TPSA) is 88.5 Å². The molecule has 2 aliphatic rings. The molecule has 8 heteroatoms. The van der Waals surface area contributed by atoms with E-state index < -0.39 is 17.7 Å². The Morgan fingerprint density at radius 1 is 1.11 bits per heavy atom. The molecule has 186 valence electrons. The molecule has 2 aromatic rings. The minimum atomic E-state index is -0.738. The SMILES string of the molecule is CCCCOc1cccc([C@@H]2/C(=C(\O)c3ccc4c(c3)OCCO4)C(=O)C(=O)N2CCN(C)C)c1. The fraction of sp³-hybridized carbons (Fsp3) is 0.407. The van der Waals surface area contributed by atoms with Crippen LogP contribution in [0.15, 0.2) is 48.0 Å². The van der Waals surface area contributed by atoms with Crippen LogP contribution in [-0.2, 0) is 9.59 Å². The Labute approximate surface area is 205 Å². The lowest BCUT2D eigenvalue weighted by Gasteiger charge is -2.27. The number of nitrogens with zero attached hydrogens (tertiary/aromatic N) is 2. The van der Waals surface area contributed by atoms with Gasteiger partial charge in [-0.1, -0.05) is 25.5 Å². The number of ketones is 1. The van der Waals surface area contributed by atoms with Gasteiger partial charge in [0.25, 0.3) is 11.7 Å². The standard InChI is InChI=1S/C27H32N2O6/c1-4-5-13-33-20-8-6-7-18(16-20)24-23(26(31)27(32)29(24)12-11-28(2)3)25(30)19-9-10-21-22(17-19)35-15-14-34-21/h6-10,16-17,24,30H,4-5,11-15H2,1-3H3/b25-23+/t24-/m1/s1. The monoisotopic (exact) mass is 480 g/mol. The summed E-state index contributed by atoms with van der Waals surface area (Å²) in [4.78, 5) is 29.8. The number of likely N-dealkylation sites (N-methyl/N-ethyl adjacent to an activating group) is 1. The average Bonchev–Trinajstić information content (AvgIpc) is 3.12. The third-order valence-corrected chi connectivity index (χ3v) is 6.08. The Balaban J connectivity index is 1.77. The van der Waals surface area contributed by atoms with Crippen molar-refractivity contribution < 1.29 is 28.9 Å². The molecule has 2 aromatic carbocycles. The highest BCUT2D eigenvalue weighted by Crippen LogP contribution is 2.41. The quantitative estimate of drug-likeness (QED) is 0.254. The van der Waals surface area contributed by atoms with Crippen molar-refractivity contribution in [1.82, 2.24) is 9.80 Å². The summed E-state index contributed by atoms with van der Waals surface area (Å²) in [5, 5.41) is 11.3. The normalized spacial score (nSPS) is 18.9. The third-order valence-electron chi connectivity index (χ3n) is 6.08. The zero-order chi connectivity index (χ0) is 24.9. The zero-order valence-corrected chi connectivity index (χ0v) is 20.5. The van der Waals surface area contributed by atoms with Gasteiger partial charge in [0.1, 0.15) is 24.7 Å². The van der Waals surface area contributed by atoms with E-state index in [1.54, 1.807) is 18.2 Å². The van der Waals surface area contributed by atoms with Crippen LogP contribution in [-0.4, -0.2) is 73.6 Å². The summed E-state index contributed by atoms with van der Waals surface area (Å²) in [5.41, 5.74) is 1.15. The molecule has 0 spiro atoms. The van der Waals surface area contributed by atoms with Crippen LogP contribution in [0.2, 0.25) is 0 Å². The van der Waals surface area contributed by atoms with Crippen molar-refractivity contribution in [1.29, 1.82) is 0 Å². The number of rotatable bonds is 9. The lowest BCUT2D eigenvalue weighted by molar-refractivity contribution is -0.140. The van der Waals surface area contributed by atoms with Crippen LogP contribution >= 0.6 is 0 Å². The van der Waals surface area contributed by atoms with Crippen LogP contribution in [0.4, 0.5) is 0 Å². The first kappa shape index (κ1) is 24.6. The largest absolute Gasteiger partial charge is 0.507 e. The second-order valence-electron chi connectivity index (χ2n) is 8.93. The van der Waals surface area contributed by atoms with Gasteiger partial charge in [-0.3, -0.25) is 9.59 Å². The van der Waals surface area contributed by atoms with Crippen LogP contribution in [0.5, 0.6) is 17.2 Å². The van der Waals surface area contributed by atoms with Crippen LogP contribution in [0, 0.1) is 0 Å². The molecule has 0 saturated carbocycles. The maximum atomic E-state index is 13.2. The van der Waals surface area contributed by atoms with E-state index in [-0.39, 0.29) is 11.3 Å². The fourth-order valence-corrected chi connectivity index (χ4v) is 4.22. The molecule has 1 N–H and O–H groups in total. The van der Waals surface area contributed by atoms with Gasteiger partial charge >= 0.3 is 0 Å². The summed E-state index contributed by atoms with van der Waals surface area (Å²) in [5.74, 6) is 0.146. The highest BCUT2D eigenvalue weighted by Gasteiger charge is 2.46. The summed E-state index contributed by atoms with van der Waals surface area (Å²) >= 11 is 0. The van der Waals surface area contributed by atoms with Gasteiger partial charge in [-0.25, -0.2) is 0 Å². The number of likely N-dealkylation sites (tertiary alicyclic amines) is 1. The van der Waals surface area contributed by atoms with Gasteiger partial charge in [-0.05, 0) is 56.4 Å². The molecule has 1 saturated heterocycles. The number of hydrogen-bond donors (Lipinski definition) is 1. The van der Waals surface area contributed by atoms with Crippen molar-refractivity contribution in [3.8, 4) is 17.2 Å². The van der Waals surface area contributed by atoms with Crippen molar-refractivity contribution in [3.05, 3.63) is 59.2 Å². The minimum absolute atomic E-state index is 0.0520. The second-order valence-corrected chi connectivity index (χ2v) is 8.93. The number of ether oxygens (including phenoxy) is 3. The first-order valence-electron chi connectivity index (χ1n) is 12.0. The van der Waals surface area contributed by atoms with Gasteiger partial charge in [0, 0.05) is 18.7 Å². The number of fused-ring (bicyclic) bond motifs is 1. The summed E-state index contributed by atoms with van der Waals surface area (Å²) in [6.45, 7) is 4.43. The van der Waals surface area contributed by atoms with Crippen molar-refractivity contribution in [2.24, 2.45) is 0 Å². The van der Waals surface area contributed by atoms with Crippen LogP contribution in [0.1, 0.15) is 36.9 Å². The molecule has 0 aliphatic carbocycles. The first-order valence-corrected chi connectivity index (χ1v) is 12.0. The molecule has 1 fully saturated rings. The molecule has 8 nitrogen and oxygen atoms in total. The lowest BCUT2D eigenvalue weighted by Crippen LogP contribution is -2.35. The van der Waals surface area contributed by atoms with Crippen LogP contribution in [0.3, 0.4) is 0 Å². The Kier molecular flexibility index (Phi) is 7.60. The van der Waals surface area contributed by atoms with Crippen molar-refractivity contribution >= 4 is 17.4 Å². The van der Waals surface area contributed by atoms with Gasteiger partial charge < -0.3 is 29.1 Å². The molecule has 4 rings (SSSR count). The van der Waals surface area contributed by atoms with E-state index >= 15 is 0 Å². The molecule has 0 radical (unpaired) electrons. The molecular formula is C27H32N2O6. The van der Waals surface area contributed by atoms with E-state index in [0.717, 1.165) is 12.8 Å². The number of carbonyl (C=O) groups excluding carboxylic acids is 2. The van der Waals surface area contributed by atoms with Crippen LogP contribution in [0.25, 0.3) is 5.76 Å². The lowest BCUT2D eigenvalue weighted by atomic mass is 9.95. The van der Waals surface area contributed by atoms with E-state index in [0.29, 0.717) is 61.3 Å². The maximum absolute atomic E-state index is 13.2. The van der Waals surface area contributed by atoms with Crippen molar-refractivity contribution in [3.63, 3.8) is 0 Å². The number of carbonyl (C=O) groups is 2. The average molecular weight is 481 g/mol. The van der Waals surface area contributed by atoms with Gasteiger partial charge in [-0.15, -0.1) is 0 Å². The molecular weight excluding hydrogens is 448 g/mol. The van der Waals surface area contributed by atoms with E-state index in [4.69, 9.17) is 14.2 Å². The van der Waals surface area contributed by atoms with Gasteiger partial charge in [0.2, 0.25) is 0 Å². The van der Waals surface area contributed by atoms with E-state index in [1.165, 1.54) is 4.90 Å². The number of unbranched alkanes of at least 4 members (excludes halogenated alkanes) is 1. The Morgan fingerprint density at radius 2 is 1.89 bits per heavy atom. The minimum Gasteiger partial charge on any atom is -0.507 e. The van der Waals surface area contributed by atoms with E-state index in [9.17, 15) is 14.7 Å². The number of aliphatic hydroxyl groups excluding tert-OH is 1. The smallest absolute Gasteiger partial charge is 0.295 e.